The molecule has 0 saturated carbocycles. The van der Waals surface area contributed by atoms with Crippen molar-refractivity contribution >= 4 is 23.5 Å². The normalized spacial score (nSPS) is 14.0. The monoisotopic (exact) mass is 389 g/mol. The number of anilines is 3. The second-order valence-electron chi connectivity index (χ2n) is 7.13. The van der Waals surface area contributed by atoms with E-state index >= 15 is 0 Å². The van der Waals surface area contributed by atoms with E-state index < -0.39 is 0 Å². The summed E-state index contributed by atoms with van der Waals surface area (Å²) in [6, 6.07) is 7.76. The first-order valence-corrected chi connectivity index (χ1v) is 9.57. The molecule has 1 fully saturated rings. The van der Waals surface area contributed by atoms with Crippen molar-refractivity contribution in [2.24, 2.45) is 0 Å². The molecule has 8 heteroatoms. The number of benzene rings is 1. The number of amides is 1. The maximum absolute atomic E-state index is 12.5. The summed E-state index contributed by atoms with van der Waals surface area (Å²) in [6.07, 6.45) is 6.65. The summed E-state index contributed by atoms with van der Waals surface area (Å²) < 4.78 is 0. The smallest absolute Gasteiger partial charge is 0.258 e. The van der Waals surface area contributed by atoms with E-state index in [0.29, 0.717) is 11.5 Å². The van der Waals surface area contributed by atoms with Gasteiger partial charge in [0.2, 0.25) is 11.9 Å². The molecule has 3 heterocycles. The van der Waals surface area contributed by atoms with Gasteiger partial charge in [0, 0.05) is 56.7 Å². The molecule has 148 valence electrons. The lowest BCUT2D eigenvalue weighted by molar-refractivity contribution is 0.102. The first-order valence-electron chi connectivity index (χ1n) is 9.57. The van der Waals surface area contributed by atoms with Crippen LogP contribution in [0.3, 0.4) is 0 Å². The number of hydrogen-bond acceptors (Lipinski definition) is 7. The summed E-state index contributed by atoms with van der Waals surface area (Å²) in [4.78, 5) is 34.1. The predicted octanol–water partition coefficient (Wildman–Crippen LogP) is 2.46. The van der Waals surface area contributed by atoms with E-state index in [2.05, 4.69) is 41.1 Å². The molecule has 0 spiro atoms. The maximum atomic E-state index is 12.5. The average Bonchev–Trinajstić information content (AvgIpc) is 2.74. The van der Waals surface area contributed by atoms with Crippen molar-refractivity contribution < 1.29 is 4.79 Å². The van der Waals surface area contributed by atoms with Crippen LogP contribution < -0.4 is 15.1 Å². The zero-order valence-corrected chi connectivity index (χ0v) is 16.5. The molecule has 0 unspecified atom stereocenters. The Morgan fingerprint density at radius 1 is 0.828 bits per heavy atom. The number of aromatic nitrogens is 4. The highest BCUT2D eigenvalue weighted by atomic mass is 16.1. The van der Waals surface area contributed by atoms with E-state index in [4.69, 9.17) is 0 Å². The molecule has 1 N–H and O–H groups in total. The van der Waals surface area contributed by atoms with Crippen LogP contribution in [0.15, 0.2) is 49.1 Å². The summed E-state index contributed by atoms with van der Waals surface area (Å²) in [5.41, 5.74) is 3.42. The van der Waals surface area contributed by atoms with Crippen LogP contribution in [0, 0.1) is 13.8 Å². The number of carbonyl (C=O) groups is 1. The zero-order chi connectivity index (χ0) is 20.2. The Bertz CT molecular complexity index is 963. The summed E-state index contributed by atoms with van der Waals surface area (Å²) in [7, 11) is 0. The first-order chi connectivity index (χ1) is 14.1. The number of hydrogen-bond donors (Lipinski definition) is 1. The van der Waals surface area contributed by atoms with Gasteiger partial charge in [-0.25, -0.2) is 19.9 Å². The number of nitrogens with one attached hydrogen (secondary N) is 1. The molecular weight excluding hydrogens is 366 g/mol. The van der Waals surface area contributed by atoms with E-state index in [1.807, 2.05) is 32.0 Å². The highest BCUT2D eigenvalue weighted by molar-refractivity contribution is 6.04. The third kappa shape index (κ3) is 4.48. The summed E-state index contributed by atoms with van der Waals surface area (Å²) >= 11 is 0. The fraction of sp³-hybridized carbons (Fsp3) is 0.286. The number of carbonyl (C=O) groups excluding carboxylic acids is 1. The Hall–Kier alpha value is -3.55. The van der Waals surface area contributed by atoms with Crippen molar-refractivity contribution in [3.05, 3.63) is 65.7 Å². The SMILES string of the molecule is Cc1cc(C)cc(NC(=O)c2cnc(N3CCN(c4ncccn4)CC3)nc2)c1. The average molecular weight is 389 g/mol. The third-order valence-electron chi connectivity index (χ3n) is 4.78. The zero-order valence-electron chi connectivity index (χ0n) is 16.5. The maximum Gasteiger partial charge on any atom is 0.258 e. The molecule has 1 aromatic carbocycles. The van der Waals surface area contributed by atoms with E-state index in [-0.39, 0.29) is 5.91 Å². The molecule has 1 amide bonds. The topological polar surface area (TPSA) is 87.1 Å². The lowest BCUT2D eigenvalue weighted by Crippen LogP contribution is -2.47. The molecule has 0 bridgehead atoms. The number of piperazine rings is 1. The Morgan fingerprint density at radius 3 is 1.90 bits per heavy atom. The minimum atomic E-state index is -0.215. The van der Waals surface area contributed by atoms with Crippen LogP contribution in [0.4, 0.5) is 17.6 Å². The predicted molar refractivity (Wildman–Crippen MR) is 112 cm³/mol. The number of rotatable bonds is 4. The fourth-order valence-corrected chi connectivity index (χ4v) is 3.41. The Balaban J connectivity index is 1.37. The van der Waals surface area contributed by atoms with Crippen molar-refractivity contribution in [2.75, 3.05) is 41.3 Å². The highest BCUT2D eigenvalue weighted by Gasteiger charge is 2.21. The van der Waals surface area contributed by atoms with Crippen molar-refractivity contribution in [1.29, 1.82) is 0 Å². The largest absolute Gasteiger partial charge is 0.337 e. The van der Waals surface area contributed by atoms with Crippen LogP contribution in [0.1, 0.15) is 21.5 Å². The van der Waals surface area contributed by atoms with Gasteiger partial charge < -0.3 is 15.1 Å². The summed E-state index contributed by atoms with van der Waals surface area (Å²) in [6.45, 7) is 7.14. The van der Waals surface area contributed by atoms with Gasteiger partial charge in [-0.3, -0.25) is 4.79 Å². The van der Waals surface area contributed by atoms with Gasteiger partial charge in [0.25, 0.3) is 5.91 Å². The molecule has 8 nitrogen and oxygen atoms in total. The van der Waals surface area contributed by atoms with Gasteiger partial charge >= 0.3 is 0 Å². The summed E-state index contributed by atoms with van der Waals surface area (Å²) in [5.74, 6) is 1.15. The van der Waals surface area contributed by atoms with Crippen LogP contribution in [-0.2, 0) is 0 Å². The van der Waals surface area contributed by atoms with E-state index in [9.17, 15) is 4.79 Å². The molecule has 1 aliphatic rings. The molecule has 1 saturated heterocycles. The van der Waals surface area contributed by atoms with Gasteiger partial charge in [-0.05, 0) is 43.2 Å². The van der Waals surface area contributed by atoms with Crippen molar-refractivity contribution in [3.8, 4) is 0 Å². The number of nitrogens with zero attached hydrogens (tertiary/aromatic N) is 6. The minimum Gasteiger partial charge on any atom is -0.337 e. The lowest BCUT2D eigenvalue weighted by atomic mass is 10.1. The van der Waals surface area contributed by atoms with E-state index in [0.717, 1.165) is 48.9 Å². The number of aryl methyl sites for hydroxylation is 2. The van der Waals surface area contributed by atoms with E-state index in [1.165, 1.54) is 0 Å². The van der Waals surface area contributed by atoms with Gasteiger partial charge in [0.1, 0.15) is 0 Å². The van der Waals surface area contributed by atoms with Crippen LogP contribution in [0.5, 0.6) is 0 Å². The first kappa shape index (κ1) is 18.8. The summed E-state index contributed by atoms with van der Waals surface area (Å²) in [5, 5.41) is 2.91. The molecule has 0 radical (unpaired) electrons. The quantitative estimate of drug-likeness (QED) is 0.733. The molecule has 0 aliphatic carbocycles. The second kappa shape index (κ2) is 8.22. The van der Waals surface area contributed by atoms with E-state index in [1.54, 1.807) is 24.8 Å². The Kier molecular flexibility index (Phi) is 5.33. The van der Waals surface area contributed by atoms with Crippen LogP contribution in [0.2, 0.25) is 0 Å². The molecule has 2 aromatic heterocycles. The fourth-order valence-electron chi connectivity index (χ4n) is 3.41. The van der Waals surface area contributed by atoms with Crippen molar-refractivity contribution in [3.63, 3.8) is 0 Å². The lowest BCUT2D eigenvalue weighted by Gasteiger charge is -2.34. The molecule has 29 heavy (non-hydrogen) atoms. The third-order valence-corrected chi connectivity index (χ3v) is 4.78. The Labute approximate surface area is 169 Å². The minimum absolute atomic E-state index is 0.215. The van der Waals surface area contributed by atoms with Crippen molar-refractivity contribution in [2.45, 2.75) is 13.8 Å². The Morgan fingerprint density at radius 2 is 1.34 bits per heavy atom. The van der Waals surface area contributed by atoms with Crippen LogP contribution in [0.25, 0.3) is 0 Å². The van der Waals surface area contributed by atoms with Crippen molar-refractivity contribution in [1.82, 2.24) is 19.9 Å². The molecular formula is C21H23N7O. The van der Waals surface area contributed by atoms with Gasteiger partial charge in [-0.1, -0.05) is 6.07 Å². The highest BCUT2D eigenvalue weighted by Crippen LogP contribution is 2.16. The molecule has 1 aliphatic heterocycles. The van der Waals surface area contributed by atoms with Gasteiger partial charge in [0.15, 0.2) is 0 Å². The molecule has 4 rings (SSSR count). The second-order valence-corrected chi connectivity index (χ2v) is 7.13. The van der Waals surface area contributed by atoms with Gasteiger partial charge in [-0.2, -0.15) is 0 Å². The van der Waals surface area contributed by atoms with Gasteiger partial charge in [0.05, 0.1) is 5.56 Å². The standard InChI is InChI=1S/C21H23N7O/c1-15-10-16(2)12-18(11-15)26-19(29)17-13-24-21(25-14-17)28-8-6-27(7-9-28)20-22-4-3-5-23-20/h3-5,10-14H,6-9H2,1-2H3,(H,26,29). The molecule has 3 aromatic rings. The van der Waals surface area contributed by atoms with Gasteiger partial charge in [-0.15, -0.1) is 0 Å². The van der Waals surface area contributed by atoms with Crippen LogP contribution in [-0.4, -0.2) is 52.0 Å². The van der Waals surface area contributed by atoms with Crippen LogP contribution >= 0.6 is 0 Å². The molecule has 0 atom stereocenters.